The Labute approximate surface area is 165 Å². The first-order valence-corrected chi connectivity index (χ1v) is 10.2. The molecule has 0 unspecified atom stereocenters. The standard InChI is InChI=1S/C20H18ClN3O2S/c21-14-4-6-15(7-5-14)27-11-9-22-19(25)13-3-8-16-17(12-13)23-18-2-1-10-24(18)20(16)26/h3-8,12H,1-2,9-11H2,(H,22,25). The predicted molar refractivity (Wildman–Crippen MR) is 109 cm³/mol. The van der Waals surface area contributed by atoms with E-state index in [2.05, 4.69) is 10.3 Å². The van der Waals surface area contributed by atoms with Gasteiger partial charge < -0.3 is 5.32 Å². The number of hydrogen-bond acceptors (Lipinski definition) is 4. The summed E-state index contributed by atoms with van der Waals surface area (Å²) in [4.78, 5) is 30.6. The molecule has 7 heteroatoms. The van der Waals surface area contributed by atoms with Crippen molar-refractivity contribution in [1.29, 1.82) is 0 Å². The van der Waals surface area contributed by atoms with E-state index in [1.807, 2.05) is 24.3 Å². The van der Waals surface area contributed by atoms with Crippen LogP contribution in [-0.2, 0) is 13.0 Å². The van der Waals surface area contributed by atoms with Crippen molar-refractivity contribution in [2.24, 2.45) is 0 Å². The van der Waals surface area contributed by atoms with Gasteiger partial charge in [0.1, 0.15) is 5.82 Å². The third-order valence-corrected chi connectivity index (χ3v) is 5.81. The zero-order valence-electron chi connectivity index (χ0n) is 14.6. The minimum atomic E-state index is -0.156. The molecule has 0 saturated heterocycles. The average molecular weight is 400 g/mol. The summed E-state index contributed by atoms with van der Waals surface area (Å²) in [7, 11) is 0. The Morgan fingerprint density at radius 3 is 2.85 bits per heavy atom. The normalized spacial score (nSPS) is 12.9. The number of fused-ring (bicyclic) bond motifs is 2. The van der Waals surface area contributed by atoms with Gasteiger partial charge in [0.25, 0.3) is 11.5 Å². The molecule has 0 fully saturated rings. The van der Waals surface area contributed by atoms with E-state index in [-0.39, 0.29) is 11.5 Å². The Kier molecular flexibility index (Phi) is 5.18. The Morgan fingerprint density at radius 1 is 1.22 bits per heavy atom. The monoisotopic (exact) mass is 399 g/mol. The lowest BCUT2D eigenvalue weighted by atomic mass is 10.1. The summed E-state index contributed by atoms with van der Waals surface area (Å²) in [6.45, 7) is 1.27. The summed E-state index contributed by atoms with van der Waals surface area (Å²) in [5.74, 6) is 1.41. The van der Waals surface area contributed by atoms with Crippen LogP contribution in [0.5, 0.6) is 0 Å². The Hall–Kier alpha value is -2.31. The number of nitrogens with zero attached hydrogens (tertiary/aromatic N) is 2. The second-order valence-corrected chi connectivity index (χ2v) is 7.98. The van der Waals surface area contributed by atoms with E-state index in [1.54, 1.807) is 34.5 Å². The first-order valence-electron chi connectivity index (χ1n) is 8.82. The summed E-state index contributed by atoms with van der Waals surface area (Å²) < 4.78 is 1.73. The van der Waals surface area contributed by atoms with Crippen molar-refractivity contribution in [1.82, 2.24) is 14.9 Å². The molecule has 0 aliphatic carbocycles. The van der Waals surface area contributed by atoms with Crippen LogP contribution in [0.4, 0.5) is 0 Å². The molecule has 1 aliphatic heterocycles. The minimum Gasteiger partial charge on any atom is -0.351 e. The lowest BCUT2D eigenvalue weighted by Crippen LogP contribution is -2.26. The van der Waals surface area contributed by atoms with Crippen molar-refractivity contribution in [3.05, 3.63) is 69.2 Å². The van der Waals surface area contributed by atoms with Gasteiger partial charge in [0.2, 0.25) is 0 Å². The Morgan fingerprint density at radius 2 is 2.04 bits per heavy atom. The fourth-order valence-electron chi connectivity index (χ4n) is 3.19. The van der Waals surface area contributed by atoms with Crippen molar-refractivity contribution in [2.75, 3.05) is 12.3 Å². The molecule has 5 nitrogen and oxygen atoms in total. The fourth-order valence-corrected chi connectivity index (χ4v) is 4.09. The molecule has 0 radical (unpaired) electrons. The van der Waals surface area contributed by atoms with Gasteiger partial charge in [-0.3, -0.25) is 14.2 Å². The number of rotatable bonds is 5. The molecule has 1 amide bonds. The number of carbonyl (C=O) groups excluding carboxylic acids is 1. The van der Waals surface area contributed by atoms with Crippen molar-refractivity contribution >= 4 is 40.2 Å². The third kappa shape index (κ3) is 3.87. The van der Waals surface area contributed by atoms with Crippen LogP contribution < -0.4 is 10.9 Å². The summed E-state index contributed by atoms with van der Waals surface area (Å²) >= 11 is 7.53. The molecule has 27 heavy (non-hydrogen) atoms. The highest BCUT2D eigenvalue weighted by atomic mass is 35.5. The van der Waals surface area contributed by atoms with Gasteiger partial charge in [-0.2, -0.15) is 0 Å². The molecule has 2 aromatic carbocycles. The first-order chi connectivity index (χ1) is 13.1. The molecule has 138 valence electrons. The SMILES string of the molecule is O=C(NCCSc1ccc(Cl)cc1)c1ccc2c(=O)n3c(nc2c1)CCC3. The molecule has 0 atom stereocenters. The van der Waals surface area contributed by atoms with E-state index in [1.165, 1.54) is 0 Å². The largest absolute Gasteiger partial charge is 0.351 e. The second kappa shape index (κ2) is 7.74. The Bertz CT molecular complexity index is 1060. The highest BCUT2D eigenvalue weighted by molar-refractivity contribution is 7.99. The maximum absolute atomic E-state index is 12.5. The Balaban J connectivity index is 1.41. The van der Waals surface area contributed by atoms with Crippen LogP contribution in [-0.4, -0.2) is 27.8 Å². The van der Waals surface area contributed by atoms with Crippen LogP contribution in [0.15, 0.2) is 52.2 Å². The maximum atomic E-state index is 12.5. The van der Waals surface area contributed by atoms with Gasteiger partial charge in [-0.25, -0.2) is 4.98 Å². The van der Waals surface area contributed by atoms with Crippen molar-refractivity contribution in [3.8, 4) is 0 Å². The van der Waals surface area contributed by atoms with Crippen molar-refractivity contribution in [2.45, 2.75) is 24.3 Å². The molecule has 4 rings (SSSR count). The van der Waals surface area contributed by atoms with E-state index in [0.29, 0.717) is 28.0 Å². The van der Waals surface area contributed by atoms with Crippen LogP contribution in [0.3, 0.4) is 0 Å². The molecule has 1 N–H and O–H groups in total. The van der Waals surface area contributed by atoms with E-state index in [0.717, 1.165) is 35.9 Å². The van der Waals surface area contributed by atoms with Gasteiger partial charge in [-0.15, -0.1) is 11.8 Å². The summed E-state index contributed by atoms with van der Waals surface area (Å²) in [6.07, 6.45) is 1.75. The molecular formula is C20H18ClN3O2S. The number of amides is 1. The van der Waals surface area contributed by atoms with E-state index in [4.69, 9.17) is 11.6 Å². The number of aromatic nitrogens is 2. The molecule has 1 aromatic heterocycles. The van der Waals surface area contributed by atoms with Gasteiger partial charge in [-0.05, 0) is 48.9 Å². The summed E-state index contributed by atoms with van der Waals surface area (Å²) in [5.41, 5.74) is 1.10. The number of halogens is 1. The van der Waals surface area contributed by atoms with Crippen molar-refractivity contribution < 1.29 is 4.79 Å². The van der Waals surface area contributed by atoms with Crippen LogP contribution in [0.2, 0.25) is 5.02 Å². The first kappa shape index (κ1) is 18.1. The number of benzene rings is 2. The lowest BCUT2D eigenvalue weighted by molar-refractivity contribution is 0.0956. The third-order valence-electron chi connectivity index (χ3n) is 4.55. The van der Waals surface area contributed by atoms with Crippen LogP contribution in [0.1, 0.15) is 22.6 Å². The molecule has 2 heterocycles. The molecule has 0 bridgehead atoms. The molecule has 1 aliphatic rings. The minimum absolute atomic E-state index is 0.0150. The maximum Gasteiger partial charge on any atom is 0.261 e. The zero-order chi connectivity index (χ0) is 18.8. The zero-order valence-corrected chi connectivity index (χ0v) is 16.1. The average Bonchev–Trinajstić information content (AvgIpc) is 3.15. The number of hydrogen-bond donors (Lipinski definition) is 1. The second-order valence-electron chi connectivity index (χ2n) is 6.38. The number of carbonyl (C=O) groups is 1. The van der Waals surface area contributed by atoms with Crippen LogP contribution in [0, 0.1) is 0 Å². The molecular weight excluding hydrogens is 382 g/mol. The van der Waals surface area contributed by atoms with Gasteiger partial charge in [-0.1, -0.05) is 11.6 Å². The van der Waals surface area contributed by atoms with E-state index < -0.39 is 0 Å². The van der Waals surface area contributed by atoms with Gasteiger partial charge in [0.05, 0.1) is 10.9 Å². The highest BCUT2D eigenvalue weighted by Crippen LogP contribution is 2.20. The smallest absolute Gasteiger partial charge is 0.261 e. The fraction of sp³-hybridized carbons (Fsp3) is 0.250. The van der Waals surface area contributed by atoms with Gasteiger partial charge in [0, 0.05) is 40.7 Å². The van der Waals surface area contributed by atoms with E-state index in [9.17, 15) is 9.59 Å². The van der Waals surface area contributed by atoms with Gasteiger partial charge in [0.15, 0.2) is 0 Å². The number of thioether (sulfide) groups is 1. The summed E-state index contributed by atoms with van der Waals surface area (Å²) in [6, 6.07) is 12.7. The molecule has 0 spiro atoms. The predicted octanol–water partition coefficient (Wildman–Crippen LogP) is 3.52. The topological polar surface area (TPSA) is 64.0 Å². The molecule has 3 aromatic rings. The van der Waals surface area contributed by atoms with Crippen LogP contribution >= 0.6 is 23.4 Å². The van der Waals surface area contributed by atoms with Gasteiger partial charge >= 0.3 is 0 Å². The van der Waals surface area contributed by atoms with Crippen molar-refractivity contribution in [3.63, 3.8) is 0 Å². The van der Waals surface area contributed by atoms with E-state index >= 15 is 0 Å². The number of aryl methyl sites for hydroxylation is 1. The molecule has 0 saturated carbocycles. The number of nitrogens with one attached hydrogen (secondary N) is 1. The highest BCUT2D eigenvalue weighted by Gasteiger charge is 2.17. The van der Waals surface area contributed by atoms with Crippen LogP contribution in [0.25, 0.3) is 10.9 Å². The summed E-state index contributed by atoms with van der Waals surface area (Å²) in [5, 5.41) is 4.19. The lowest BCUT2D eigenvalue weighted by Gasteiger charge is -2.08. The quantitative estimate of drug-likeness (QED) is 0.526.